The average Bonchev–Trinajstić information content (AvgIpc) is 2.93. The summed E-state index contributed by atoms with van der Waals surface area (Å²) in [6, 6.07) is 4.22. The van der Waals surface area contributed by atoms with Gasteiger partial charge < -0.3 is 9.88 Å². The van der Waals surface area contributed by atoms with Crippen LogP contribution in [0.2, 0.25) is 0 Å². The third kappa shape index (κ3) is 3.07. The van der Waals surface area contributed by atoms with E-state index in [0.717, 1.165) is 37.4 Å². The van der Waals surface area contributed by atoms with Crippen LogP contribution < -0.4 is 5.32 Å². The lowest BCUT2D eigenvalue weighted by Crippen LogP contribution is -2.27. The maximum Gasteiger partial charge on any atom is 0.132 e. The Morgan fingerprint density at radius 2 is 2.05 bits per heavy atom. The molecule has 4 heteroatoms. The molecule has 0 aromatic carbocycles. The first-order valence-corrected chi connectivity index (χ1v) is 7.49. The standard InChI is InChI=1S/C16H24N4/c1-4-11-20-12-10-19-16(20)15(17-6-3)14-13(5-2)8-7-9-18-14/h7-10,12,15,17H,4-6,11H2,1-3H3. The molecular weight excluding hydrogens is 248 g/mol. The predicted octanol–water partition coefficient (Wildman–Crippen LogP) is 2.95. The summed E-state index contributed by atoms with van der Waals surface area (Å²) in [5.41, 5.74) is 2.38. The average molecular weight is 272 g/mol. The lowest BCUT2D eigenvalue weighted by molar-refractivity contribution is 0.532. The number of imidazole rings is 1. The Balaban J connectivity index is 2.42. The van der Waals surface area contributed by atoms with Gasteiger partial charge in [-0.05, 0) is 31.0 Å². The van der Waals surface area contributed by atoms with Crippen LogP contribution in [0.3, 0.4) is 0 Å². The molecule has 2 rings (SSSR count). The highest BCUT2D eigenvalue weighted by atomic mass is 15.1. The van der Waals surface area contributed by atoms with Crippen molar-refractivity contribution in [3.05, 3.63) is 47.8 Å². The quantitative estimate of drug-likeness (QED) is 0.842. The van der Waals surface area contributed by atoms with Crippen molar-refractivity contribution in [3.8, 4) is 0 Å². The van der Waals surface area contributed by atoms with Crippen LogP contribution in [-0.2, 0) is 13.0 Å². The molecule has 20 heavy (non-hydrogen) atoms. The van der Waals surface area contributed by atoms with Crippen molar-refractivity contribution in [2.75, 3.05) is 6.54 Å². The molecule has 2 aromatic rings. The summed E-state index contributed by atoms with van der Waals surface area (Å²) in [4.78, 5) is 9.18. The largest absolute Gasteiger partial charge is 0.333 e. The second-order valence-corrected chi connectivity index (χ2v) is 4.87. The maximum atomic E-state index is 4.61. The van der Waals surface area contributed by atoms with Gasteiger partial charge in [-0.25, -0.2) is 4.98 Å². The molecule has 2 heterocycles. The number of nitrogens with one attached hydrogen (secondary N) is 1. The molecule has 0 radical (unpaired) electrons. The van der Waals surface area contributed by atoms with Gasteiger partial charge in [-0.15, -0.1) is 0 Å². The van der Waals surface area contributed by atoms with Crippen LogP contribution in [0.4, 0.5) is 0 Å². The van der Waals surface area contributed by atoms with E-state index in [4.69, 9.17) is 0 Å². The van der Waals surface area contributed by atoms with Crippen LogP contribution in [0, 0.1) is 0 Å². The molecule has 0 aliphatic rings. The summed E-state index contributed by atoms with van der Waals surface area (Å²) in [6.07, 6.45) is 7.89. The van der Waals surface area contributed by atoms with E-state index in [9.17, 15) is 0 Å². The Hall–Kier alpha value is -1.68. The third-order valence-electron chi connectivity index (χ3n) is 3.46. The zero-order valence-corrected chi connectivity index (χ0v) is 12.6. The van der Waals surface area contributed by atoms with Crippen LogP contribution in [0.1, 0.15) is 50.3 Å². The Kier molecular flexibility index (Phi) is 5.30. The number of hydrogen-bond acceptors (Lipinski definition) is 3. The van der Waals surface area contributed by atoms with E-state index in [0.29, 0.717) is 0 Å². The van der Waals surface area contributed by atoms with E-state index in [1.54, 1.807) is 0 Å². The number of nitrogens with zero attached hydrogens (tertiary/aromatic N) is 3. The Labute approximate surface area is 121 Å². The van der Waals surface area contributed by atoms with Crippen LogP contribution in [0.5, 0.6) is 0 Å². The van der Waals surface area contributed by atoms with Gasteiger partial charge in [0.25, 0.3) is 0 Å². The summed E-state index contributed by atoms with van der Waals surface area (Å²) in [6.45, 7) is 8.36. The van der Waals surface area contributed by atoms with E-state index in [-0.39, 0.29) is 6.04 Å². The maximum absolute atomic E-state index is 4.61. The van der Waals surface area contributed by atoms with E-state index < -0.39 is 0 Å². The van der Waals surface area contributed by atoms with Crippen molar-refractivity contribution in [2.45, 2.75) is 46.2 Å². The van der Waals surface area contributed by atoms with Gasteiger partial charge in [-0.2, -0.15) is 0 Å². The number of rotatable bonds is 7. The zero-order chi connectivity index (χ0) is 14.4. The minimum atomic E-state index is 0.0673. The smallest absolute Gasteiger partial charge is 0.132 e. The monoisotopic (exact) mass is 272 g/mol. The fourth-order valence-electron chi connectivity index (χ4n) is 2.54. The number of aryl methyl sites for hydroxylation is 2. The molecule has 0 aliphatic heterocycles. The van der Waals surface area contributed by atoms with Crippen LogP contribution in [0.15, 0.2) is 30.7 Å². The second-order valence-electron chi connectivity index (χ2n) is 4.87. The van der Waals surface area contributed by atoms with Gasteiger partial charge in [0.1, 0.15) is 11.9 Å². The van der Waals surface area contributed by atoms with Crippen LogP contribution >= 0.6 is 0 Å². The van der Waals surface area contributed by atoms with Gasteiger partial charge in [0.2, 0.25) is 0 Å². The summed E-state index contributed by atoms with van der Waals surface area (Å²) in [5, 5.41) is 3.53. The fraction of sp³-hybridized carbons (Fsp3) is 0.500. The lowest BCUT2D eigenvalue weighted by atomic mass is 10.0. The minimum Gasteiger partial charge on any atom is -0.333 e. The number of aromatic nitrogens is 3. The summed E-state index contributed by atoms with van der Waals surface area (Å²) in [5.74, 6) is 1.06. The molecule has 0 saturated heterocycles. The summed E-state index contributed by atoms with van der Waals surface area (Å²) in [7, 11) is 0. The first-order chi connectivity index (χ1) is 9.81. The Morgan fingerprint density at radius 3 is 2.75 bits per heavy atom. The SMILES string of the molecule is CCCn1ccnc1C(NCC)c1ncccc1CC. The predicted molar refractivity (Wildman–Crippen MR) is 81.7 cm³/mol. The zero-order valence-electron chi connectivity index (χ0n) is 12.6. The van der Waals surface area contributed by atoms with Crippen LogP contribution in [-0.4, -0.2) is 21.1 Å². The van der Waals surface area contributed by atoms with E-state index in [1.165, 1.54) is 5.56 Å². The van der Waals surface area contributed by atoms with E-state index >= 15 is 0 Å². The first kappa shape index (κ1) is 14.7. The van der Waals surface area contributed by atoms with Crippen molar-refractivity contribution in [1.29, 1.82) is 0 Å². The molecule has 0 saturated carbocycles. The molecular formula is C16H24N4. The fourth-order valence-corrected chi connectivity index (χ4v) is 2.54. The van der Waals surface area contributed by atoms with Gasteiger partial charge >= 0.3 is 0 Å². The van der Waals surface area contributed by atoms with Crippen molar-refractivity contribution >= 4 is 0 Å². The van der Waals surface area contributed by atoms with Gasteiger partial charge in [0.15, 0.2) is 0 Å². The molecule has 4 nitrogen and oxygen atoms in total. The molecule has 0 spiro atoms. The molecule has 0 bridgehead atoms. The number of pyridine rings is 1. The van der Waals surface area contributed by atoms with E-state index in [2.05, 4.69) is 52.9 Å². The van der Waals surface area contributed by atoms with Gasteiger partial charge in [0.05, 0.1) is 5.69 Å². The first-order valence-electron chi connectivity index (χ1n) is 7.49. The molecule has 1 N–H and O–H groups in total. The van der Waals surface area contributed by atoms with Gasteiger partial charge in [-0.1, -0.05) is 26.8 Å². The molecule has 108 valence electrons. The van der Waals surface area contributed by atoms with Crippen molar-refractivity contribution in [1.82, 2.24) is 19.9 Å². The highest BCUT2D eigenvalue weighted by Gasteiger charge is 2.21. The molecule has 0 amide bonds. The van der Waals surface area contributed by atoms with Crippen molar-refractivity contribution in [3.63, 3.8) is 0 Å². The highest BCUT2D eigenvalue weighted by Crippen LogP contribution is 2.22. The molecule has 2 aromatic heterocycles. The number of hydrogen-bond donors (Lipinski definition) is 1. The normalized spacial score (nSPS) is 12.6. The molecule has 0 fully saturated rings. The summed E-state index contributed by atoms with van der Waals surface area (Å²) >= 11 is 0. The van der Waals surface area contributed by atoms with Crippen LogP contribution in [0.25, 0.3) is 0 Å². The van der Waals surface area contributed by atoms with Crippen molar-refractivity contribution < 1.29 is 0 Å². The Bertz CT molecular complexity index is 533. The van der Waals surface area contributed by atoms with E-state index in [1.807, 2.05) is 18.5 Å². The van der Waals surface area contributed by atoms with Gasteiger partial charge in [0, 0.05) is 25.1 Å². The topological polar surface area (TPSA) is 42.7 Å². The Morgan fingerprint density at radius 1 is 1.20 bits per heavy atom. The second kappa shape index (κ2) is 7.20. The molecule has 1 atom stereocenters. The van der Waals surface area contributed by atoms with Crippen molar-refractivity contribution in [2.24, 2.45) is 0 Å². The minimum absolute atomic E-state index is 0.0673. The molecule has 1 unspecified atom stereocenters. The van der Waals surface area contributed by atoms with Gasteiger partial charge in [-0.3, -0.25) is 4.98 Å². The lowest BCUT2D eigenvalue weighted by Gasteiger charge is -2.20. The summed E-state index contributed by atoms with van der Waals surface area (Å²) < 4.78 is 2.22. The highest BCUT2D eigenvalue weighted by molar-refractivity contribution is 5.27. The third-order valence-corrected chi connectivity index (χ3v) is 3.46. The molecule has 0 aliphatic carbocycles.